The van der Waals surface area contributed by atoms with Crippen molar-refractivity contribution in [3.05, 3.63) is 65.2 Å². The quantitative estimate of drug-likeness (QED) is 0.697. The average Bonchev–Trinajstić information content (AvgIpc) is 3.49. The summed E-state index contributed by atoms with van der Waals surface area (Å²) in [5, 5.41) is 12.0. The third-order valence-corrected chi connectivity index (χ3v) is 6.30. The molecule has 3 aromatic rings. The van der Waals surface area contributed by atoms with Gasteiger partial charge in [0.1, 0.15) is 5.41 Å². The third-order valence-electron chi connectivity index (χ3n) is 6.10. The normalized spacial score (nSPS) is 22.5. The van der Waals surface area contributed by atoms with Crippen LogP contribution in [0.5, 0.6) is 0 Å². The molecule has 9 heteroatoms. The minimum Gasteiger partial charge on any atom is -0.334 e. The number of rotatable bonds is 4. The first-order valence-corrected chi connectivity index (χ1v) is 10.2. The molecule has 154 valence electrons. The lowest BCUT2D eigenvalue weighted by molar-refractivity contribution is -0.133. The zero-order valence-corrected chi connectivity index (χ0v) is 17.2. The van der Waals surface area contributed by atoms with Gasteiger partial charge in [0, 0.05) is 50.2 Å². The van der Waals surface area contributed by atoms with E-state index < -0.39 is 11.5 Å². The molecule has 2 amide bonds. The van der Waals surface area contributed by atoms with Crippen molar-refractivity contribution in [1.82, 2.24) is 24.5 Å². The number of halogens is 1. The summed E-state index contributed by atoms with van der Waals surface area (Å²) < 4.78 is 3.36. The summed E-state index contributed by atoms with van der Waals surface area (Å²) in [6, 6.07) is 7.32. The van der Waals surface area contributed by atoms with Crippen molar-refractivity contribution in [3.63, 3.8) is 0 Å². The summed E-state index contributed by atoms with van der Waals surface area (Å²) in [5.74, 6) is -0.0868. The summed E-state index contributed by atoms with van der Waals surface area (Å²) >= 11 is 5.92. The highest BCUT2D eigenvalue weighted by atomic mass is 35.5. The van der Waals surface area contributed by atoms with Crippen LogP contribution in [0.15, 0.2) is 49.1 Å². The molecule has 2 atom stereocenters. The SMILES string of the molecule is Cn1cc(C2N(C(=O)CCn3cc(Cl)cn3)CCC23C(=O)Nc2ccccc23)cn1. The van der Waals surface area contributed by atoms with Gasteiger partial charge in [-0.05, 0) is 18.1 Å². The van der Waals surface area contributed by atoms with Gasteiger partial charge in [0.25, 0.3) is 0 Å². The van der Waals surface area contributed by atoms with Crippen molar-refractivity contribution in [1.29, 1.82) is 0 Å². The number of carbonyl (C=O) groups excluding carboxylic acids is 2. The number of para-hydroxylation sites is 1. The van der Waals surface area contributed by atoms with Gasteiger partial charge in [0.2, 0.25) is 11.8 Å². The van der Waals surface area contributed by atoms with Gasteiger partial charge in [-0.3, -0.25) is 19.0 Å². The van der Waals surface area contributed by atoms with Crippen molar-refractivity contribution in [2.24, 2.45) is 7.05 Å². The number of nitrogens with zero attached hydrogens (tertiary/aromatic N) is 5. The van der Waals surface area contributed by atoms with Crippen molar-refractivity contribution >= 4 is 29.1 Å². The van der Waals surface area contributed by atoms with Crippen molar-refractivity contribution in [2.45, 2.75) is 30.8 Å². The molecule has 2 aliphatic heterocycles. The standard InChI is InChI=1S/C21H21ClN6O2/c1-26-12-14(10-23-26)19-21(16-4-2-3-5-17(16)25-20(21)30)7-9-28(19)18(29)6-8-27-13-15(22)11-24-27/h2-5,10-13,19H,6-9H2,1H3,(H,25,30). The van der Waals surface area contributed by atoms with Gasteiger partial charge in [0.15, 0.2) is 0 Å². The number of hydrogen-bond donors (Lipinski definition) is 1. The maximum atomic E-state index is 13.3. The second kappa shape index (κ2) is 6.98. The van der Waals surface area contributed by atoms with Crippen LogP contribution in [0.25, 0.3) is 0 Å². The Morgan fingerprint density at radius 1 is 1.27 bits per heavy atom. The average molecular weight is 425 g/mol. The number of likely N-dealkylation sites (tertiary alicyclic amines) is 1. The molecule has 4 heterocycles. The largest absolute Gasteiger partial charge is 0.334 e. The lowest BCUT2D eigenvalue weighted by Gasteiger charge is -2.33. The van der Waals surface area contributed by atoms with Gasteiger partial charge in [-0.1, -0.05) is 29.8 Å². The first kappa shape index (κ1) is 18.9. The molecule has 5 rings (SSSR count). The van der Waals surface area contributed by atoms with Crippen molar-refractivity contribution in [2.75, 3.05) is 11.9 Å². The highest BCUT2D eigenvalue weighted by Gasteiger charge is 2.59. The Kier molecular flexibility index (Phi) is 4.39. The van der Waals surface area contributed by atoms with Gasteiger partial charge in [0.05, 0.1) is 23.5 Å². The molecule has 8 nitrogen and oxygen atoms in total. The predicted molar refractivity (Wildman–Crippen MR) is 111 cm³/mol. The Hall–Kier alpha value is -3.13. The van der Waals surface area contributed by atoms with E-state index in [1.807, 2.05) is 42.4 Å². The number of fused-ring (bicyclic) bond motifs is 2. The molecule has 1 saturated heterocycles. The van der Waals surface area contributed by atoms with E-state index in [4.69, 9.17) is 11.6 Å². The van der Waals surface area contributed by atoms with E-state index in [0.717, 1.165) is 16.8 Å². The maximum absolute atomic E-state index is 13.3. The summed E-state index contributed by atoms with van der Waals surface area (Å²) in [7, 11) is 1.83. The summed E-state index contributed by atoms with van der Waals surface area (Å²) in [4.78, 5) is 28.4. The van der Waals surface area contributed by atoms with Crippen molar-refractivity contribution < 1.29 is 9.59 Å². The fourth-order valence-electron chi connectivity index (χ4n) is 4.81. The number of anilines is 1. The molecule has 1 spiro atoms. The van der Waals surface area contributed by atoms with E-state index in [1.54, 1.807) is 28.0 Å². The first-order chi connectivity index (χ1) is 14.5. The molecule has 1 N–H and O–H groups in total. The fourth-order valence-corrected chi connectivity index (χ4v) is 4.97. The number of hydrogen-bond acceptors (Lipinski definition) is 4. The molecule has 2 unspecified atom stereocenters. The Morgan fingerprint density at radius 3 is 2.83 bits per heavy atom. The van der Waals surface area contributed by atoms with E-state index in [2.05, 4.69) is 15.5 Å². The number of amides is 2. The molecule has 2 aromatic heterocycles. The number of carbonyl (C=O) groups is 2. The van der Waals surface area contributed by atoms with E-state index in [9.17, 15) is 9.59 Å². The zero-order chi connectivity index (χ0) is 20.9. The second-order valence-electron chi connectivity index (χ2n) is 7.83. The number of aromatic nitrogens is 4. The third kappa shape index (κ3) is 2.82. The molecule has 30 heavy (non-hydrogen) atoms. The Balaban J connectivity index is 1.51. The topological polar surface area (TPSA) is 85.0 Å². The number of benzene rings is 1. The Bertz CT molecular complexity index is 1140. The lowest BCUT2D eigenvalue weighted by atomic mass is 9.73. The highest BCUT2D eigenvalue weighted by molar-refractivity contribution is 6.30. The molecule has 2 aliphatic rings. The molecule has 0 saturated carbocycles. The first-order valence-electron chi connectivity index (χ1n) is 9.86. The van der Waals surface area contributed by atoms with Gasteiger partial charge in [-0.15, -0.1) is 0 Å². The second-order valence-corrected chi connectivity index (χ2v) is 8.27. The molecule has 0 radical (unpaired) electrons. The molecule has 0 bridgehead atoms. The molecule has 1 fully saturated rings. The van der Waals surface area contributed by atoms with E-state index >= 15 is 0 Å². The predicted octanol–water partition coefficient (Wildman–Crippen LogP) is 2.52. The maximum Gasteiger partial charge on any atom is 0.237 e. The number of aryl methyl sites for hydroxylation is 2. The molecule has 1 aromatic carbocycles. The van der Waals surface area contributed by atoms with Gasteiger partial charge in [-0.2, -0.15) is 10.2 Å². The Labute approximate surface area is 178 Å². The summed E-state index contributed by atoms with van der Waals surface area (Å²) in [5.41, 5.74) is 1.80. The zero-order valence-electron chi connectivity index (χ0n) is 16.5. The molecule has 0 aliphatic carbocycles. The van der Waals surface area contributed by atoms with Gasteiger partial charge in [-0.25, -0.2) is 0 Å². The fraction of sp³-hybridized carbons (Fsp3) is 0.333. The van der Waals surface area contributed by atoms with Gasteiger partial charge >= 0.3 is 0 Å². The molecular weight excluding hydrogens is 404 g/mol. The highest BCUT2D eigenvalue weighted by Crippen LogP contribution is 2.54. The van der Waals surface area contributed by atoms with E-state index in [0.29, 0.717) is 24.5 Å². The van der Waals surface area contributed by atoms with Crippen LogP contribution in [0.2, 0.25) is 5.02 Å². The monoisotopic (exact) mass is 424 g/mol. The van der Waals surface area contributed by atoms with Crippen LogP contribution < -0.4 is 5.32 Å². The van der Waals surface area contributed by atoms with Crippen LogP contribution in [0, 0.1) is 0 Å². The van der Waals surface area contributed by atoms with Crippen LogP contribution in [-0.4, -0.2) is 42.8 Å². The van der Waals surface area contributed by atoms with E-state index in [-0.39, 0.29) is 18.2 Å². The number of nitrogens with one attached hydrogen (secondary N) is 1. The van der Waals surface area contributed by atoms with Crippen LogP contribution in [0.3, 0.4) is 0 Å². The van der Waals surface area contributed by atoms with Crippen LogP contribution in [0.1, 0.15) is 30.0 Å². The van der Waals surface area contributed by atoms with Crippen LogP contribution >= 0.6 is 11.6 Å². The minimum absolute atomic E-state index is 0.0236. The van der Waals surface area contributed by atoms with Crippen LogP contribution in [-0.2, 0) is 28.6 Å². The Morgan fingerprint density at radius 2 is 2.10 bits per heavy atom. The smallest absolute Gasteiger partial charge is 0.237 e. The summed E-state index contributed by atoms with van der Waals surface area (Å²) in [6.07, 6.45) is 7.72. The lowest BCUT2D eigenvalue weighted by Crippen LogP contribution is -2.42. The minimum atomic E-state index is -0.815. The van der Waals surface area contributed by atoms with Crippen molar-refractivity contribution in [3.8, 4) is 0 Å². The van der Waals surface area contributed by atoms with E-state index in [1.165, 1.54) is 0 Å². The molecular formula is C21H21ClN6O2. The van der Waals surface area contributed by atoms with Crippen LogP contribution in [0.4, 0.5) is 5.69 Å². The summed E-state index contributed by atoms with van der Waals surface area (Å²) in [6.45, 7) is 0.928. The van der Waals surface area contributed by atoms with Gasteiger partial charge < -0.3 is 10.2 Å².